The van der Waals surface area contributed by atoms with Crippen LogP contribution in [-0.2, 0) is 46.9 Å². The zero-order valence-corrected chi connectivity index (χ0v) is 5.82. The van der Waals surface area contributed by atoms with Gasteiger partial charge in [-0.05, 0) is 0 Å². The first kappa shape index (κ1) is 19.7. The minimum absolute atomic E-state index is 0. The second-order valence-corrected chi connectivity index (χ2v) is 0. The van der Waals surface area contributed by atoms with Crippen molar-refractivity contribution in [3.05, 3.63) is 0 Å². The summed E-state index contributed by atoms with van der Waals surface area (Å²) in [7, 11) is 0. The second kappa shape index (κ2) is 34.3. The molecule has 0 aromatic carbocycles. The first-order chi connectivity index (χ1) is 1.00. The van der Waals surface area contributed by atoms with Gasteiger partial charge >= 0.3 is 0 Å². The van der Waals surface area contributed by atoms with E-state index in [1.54, 1.807) is 0 Å². The molecule has 0 heterocycles. The van der Waals surface area contributed by atoms with Crippen LogP contribution in [0.2, 0.25) is 0 Å². The molecule has 0 aliphatic carbocycles. The van der Waals surface area contributed by atoms with Gasteiger partial charge in [-0.1, -0.05) is 0 Å². The maximum atomic E-state index is 7.75. The van der Waals surface area contributed by atoms with Crippen LogP contribution in [0.15, 0.2) is 0 Å². The van der Waals surface area contributed by atoms with Crippen LogP contribution in [0.3, 0.4) is 0 Å². The molecular formula is CHMo2O-. The Bertz CT molecular complexity index is 6.00. The fourth-order valence-electron chi connectivity index (χ4n) is 0. The van der Waals surface area contributed by atoms with Gasteiger partial charge < -0.3 is 4.79 Å². The average molecular weight is 221 g/mol. The fraction of sp³-hybridized carbons (Fsp3) is 0. The predicted octanol–water partition coefficient (Wildman–Crippen LogP) is -0.279. The Morgan fingerprint density at radius 2 is 1.00 bits per heavy atom. The second-order valence-electron chi connectivity index (χ2n) is 0. The molecule has 0 saturated carbocycles. The molecule has 3 heteroatoms. The molecule has 0 unspecified atom stereocenters. The number of hydrogen-bond donors (Lipinski definition) is 0. The van der Waals surface area contributed by atoms with Gasteiger partial charge in [-0.25, -0.2) is 0 Å². The molecule has 0 aliphatic heterocycles. The number of hydrogen-bond acceptors (Lipinski definition) is 1. The predicted molar refractivity (Wildman–Crippen MR) is 6.75 cm³/mol. The molecule has 0 saturated heterocycles. The van der Waals surface area contributed by atoms with Crippen LogP contribution < -0.4 is 0 Å². The molecular weight excluding hydrogens is 220 g/mol. The van der Waals surface area contributed by atoms with E-state index >= 15 is 0 Å². The van der Waals surface area contributed by atoms with E-state index < -0.39 is 0 Å². The van der Waals surface area contributed by atoms with Crippen molar-refractivity contribution in [2.45, 2.75) is 0 Å². The van der Waals surface area contributed by atoms with Gasteiger partial charge in [0.25, 0.3) is 0 Å². The molecule has 0 amide bonds. The summed E-state index contributed by atoms with van der Waals surface area (Å²) in [5.41, 5.74) is 0. The molecule has 0 bridgehead atoms. The monoisotopic (exact) mass is 225 g/mol. The van der Waals surface area contributed by atoms with Crippen LogP contribution in [0.25, 0.3) is 0 Å². The summed E-state index contributed by atoms with van der Waals surface area (Å²) in [6, 6.07) is 0. The van der Waals surface area contributed by atoms with Gasteiger partial charge in [0, 0.05) is 42.1 Å². The molecule has 0 fully saturated rings. The van der Waals surface area contributed by atoms with E-state index in [1.807, 2.05) is 0 Å². The van der Waals surface area contributed by atoms with Gasteiger partial charge in [0.15, 0.2) is 0 Å². The van der Waals surface area contributed by atoms with Crippen molar-refractivity contribution in [2.24, 2.45) is 0 Å². The van der Waals surface area contributed by atoms with Gasteiger partial charge in [0.1, 0.15) is 0 Å². The first-order valence-electron chi connectivity index (χ1n) is 0.236. The maximum Gasteiger partial charge on any atom is 0 e. The molecule has 0 spiro atoms. The maximum absolute atomic E-state index is 7.75. The minimum Gasteiger partial charge on any atom is -0.545 e. The molecule has 0 aromatic heterocycles. The van der Waals surface area contributed by atoms with Crippen LogP contribution in [0.5, 0.6) is 0 Å². The molecule has 0 atom stereocenters. The molecule has 0 radical (unpaired) electrons. The Labute approximate surface area is 53.7 Å². The van der Waals surface area contributed by atoms with Crippen molar-refractivity contribution in [1.82, 2.24) is 0 Å². The number of carbonyl (C=O) groups excluding carboxylic acids is 1. The van der Waals surface area contributed by atoms with E-state index in [1.165, 1.54) is 0 Å². The van der Waals surface area contributed by atoms with Crippen molar-refractivity contribution < 1.29 is 46.9 Å². The molecule has 0 N–H and O–H groups in total. The zero-order chi connectivity index (χ0) is 2.00. The third-order valence-corrected chi connectivity index (χ3v) is 0. The molecule has 1 nitrogen and oxygen atoms in total. The van der Waals surface area contributed by atoms with Gasteiger partial charge in [-0.2, -0.15) is 0 Å². The fourth-order valence-corrected chi connectivity index (χ4v) is 0. The Morgan fingerprint density at radius 3 is 1.00 bits per heavy atom. The van der Waals surface area contributed by atoms with Gasteiger partial charge in [-0.3, -0.25) is 6.79 Å². The summed E-state index contributed by atoms with van der Waals surface area (Å²) >= 11 is 0. The van der Waals surface area contributed by atoms with E-state index in [0.29, 0.717) is 0 Å². The summed E-state index contributed by atoms with van der Waals surface area (Å²) in [6.45, 7) is 3.25. The molecule has 4 heavy (non-hydrogen) atoms. The quantitative estimate of drug-likeness (QED) is 0.312. The smallest absolute Gasteiger partial charge is 0 e. The van der Waals surface area contributed by atoms with E-state index in [4.69, 9.17) is 4.79 Å². The topological polar surface area (TPSA) is 17.1 Å². The van der Waals surface area contributed by atoms with E-state index in [9.17, 15) is 0 Å². The Morgan fingerprint density at radius 1 is 1.00 bits per heavy atom. The third-order valence-electron chi connectivity index (χ3n) is 0. The average Bonchev–Trinajstić information content (AvgIpc) is 1.00. The van der Waals surface area contributed by atoms with E-state index in [0.717, 1.165) is 0 Å². The third kappa shape index (κ3) is 11.6. The van der Waals surface area contributed by atoms with Gasteiger partial charge in [-0.15, -0.1) is 0 Å². The van der Waals surface area contributed by atoms with Crippen molar-refractivity contribution >= 4 is 6.79 Å². The van der Waals surface area contributed by atoms with Crippen LogP contribution in [0, 0.1) is 0 Å². The van der Waals surface area contributed by atoms with Crippen molar-refractivity contribution in [2.75, 3.05) is 0 Å². The Hall–Kier alpha value is 1.05. The summed E-state index contributed by atoms with van der Waals surface area (Å²) < 4.78 is 0. The summed E-state index contributed by atoms with van der Waals surface area (Å²) in [5.74, 6) is 0. The Kier molecular flexibility index (Phi) is 169. The summed E-state index contributed by atoms with van der Waals surface area (Å²) in [5, 5.41) is 0. The number of rotatable bonds is 0. The van der Waals surface area contributed by atoms with Gasteiger partial charge in [0.05, 0.1) is 0 Å². The van der Waals surface area contributed by atoms with Crippen LogP contribution in [0.4, 0.5) is 0 Å². The molecule has 0 aliphatic rings. The molecule has 0 aromatic rings. The summed E-state index contributed by atoms with van der Waals surface area (Å²) in [6.07, 6.45) is 0. The first-order valence-corrected chi connectivity index (χ1v) is 0.236. The zero-order valence-electron chi connectivity index (χ0n) is 1.80. The van der Waals surface area contributed by atoms with Crippen molar-refractivity contribution in [3.63, 3.8) is 0 Å². The van der Waals surface area contributed by atoms with E-state index in [-0.39, 0.29) is 42.1 Å². The molecule has 24 valence electrons. The van der Waals surface area contributed by atoms with Crippen LogP contribution in [-0.4, -0.2) is 6.79 Å². The normalized spacial score (nSPS) is 1.00. The van der Waals surface area contributed by atoms with Crippen LogP contribution >= 0.6 is 0 Å². The Balaban J connectivity index is -0.00000000500. The largest absolute Gasteiger partial charge is 0.545 e. The minimum atomic E-state index is 0. The SMILES string of the molecule is [CH-]=O.[Mo].[Mo]. The van der Waals surface area contributed by atoms with Crippen LogP contribution in [0.1, 0.15) is 0 Å². The standard InChI is InChI=1S/CHO.2Mo/c1-2;;/h1H;;/q-1;;. The van der Waals surface area contributed by atoms with Crippen molar-refractivity contribution in [3.8, 4) is 0 Å². The summed E-state index contributed by atoms with van der Waals surface area (Å²) in [4.78, 5) is 7.75. The van der Waals surface area contributed by atoms with Crippen molar-refractivity contribution in [1.29, 1.82) is 0 Å². The van der Waals surface area contributed by atoms with Gasteiger partial charge in [0.2, 0.25) is 0 Å². The molecule has 0 rings (SSSR count). The van der Waals surface area contributed by atoms with E-state index in [2.05, 4.69) is 6.79 Å².